The van der Waals surface area contributed by atoms with Crippen LogP contribution in [0.4, 0.5) is 0 Å². The van der Waals surface area contributed by atoms with Gasteiger partial charge in [0.2, 0.25) is 0 Å². The van der Waals surface area contributed by atoms with Crippen LogP contribution in [-0.2, 0) is 10.8 Å². The number of hydrogen-bond donors (Lipinski definition) is 1. The van der Waals surface area contributed by atoms with Crippen molar-refractivity contribution in [2.24, 2.45) is 0 Å². The molecule has 1 fully saturated rings. The molecule has 0 spiro atoms. The average Bonchev–Trinajstić information content (AvgIpc) is 2.30. The van der Waals surface area contributed by atoms with Gasteiger partial charge in [0.25, 0.3) is 0 Å². The Bertz CT molecular complexity index is 352. The summed E-state index contributed by atoms with van der Waals surface area (Å²) in [5, 5.41) is 12.0. The van der Waals surface area contributed by atoms with Crippen LogP contribution in [0.3, 0.4) is 0 Å². The summed E-state index contributed by atoms with van der Waals surface area (Å²) in [6, 6.07) is 3.68. The highest BCUT2D eigenvalue weighted by atomic mass is 35.5. The molecular formula is C10H16ClN3OS. The zero-order valence-electron chi connectivity index (χ0n) is 9.18. The molecule has 1 unspecified atom stereocenters. The summed E-state index contributed by atoms with van der Waals surface area (Å²) < 4.78 is 12.1. The molecule has 6 heteroatoms. The van der Waals surface area contributed by atoms with Crippen molar-refractivity contribution in [3.8, 4) is 0 Å². The second-order valence-corrected chi connectivity index (χ2v) is 5.44. The third-order valence-electron chi connectivity index (χ3n) is 2.57. The molecule has 0 aliphatic carbocycles. The van der Waals surface area contributed by atoms with Gasteiger partial charge in [-0.15, -0.1) is 17.5 Å². The van der Waals surface area contributed by atoms with Crippen molar-refractivity contribution in [3.63, 3.8) is 0 Å². The first kappa shape index (κ1) is 13.5. The van der Waals surface area contributed by atoms with Crippen molar-refractivity contribution >= 4 is 23.2 Å². The molecule has 2 rings (SSSR count). The summed E-state index contributed by atoms with van der Waals surface area (Å²) in [7, 11) is -0.992. The van der Waals surface area contributed by atoms with E-state index in [1.807, 2.05) is 19.1 Å². The van der Waals surface area contributed by atoms with Gasteiger partial charge in [-0.25, -0.2) is 0 Å². The van der Waals surface area contributed by atoms with Gasteiger partial charge in [0.1, 0.15) is 5.03 Å². The molecule has 90 valence electrons. The Kier molecular flexibility index (Phi) is 5.31. The minimum absolute atomic E-state index is 0. The maximum atomic E-state index is 12.1. The highest BCUT2D eigenvalue weighted by Gasteiger charge is 2.21. The maximum absolute atomic E-state index is 12.1. The molecular weight excluding hydrogens is 246 g/mol. The fourth-order valence-corrected chi connectivity index (χ4v) is 3.00. The lowest BCUT2D eigenvalue weighted by Gasteiger charge is -2.21. The summed E-state index contributed by atoms with van der Waals surface area (Å²) in [4.78, 5) is 0. The average molecular weight is 262 g/mol. The number of hydrogen-bond acceptors (Lipinski definition) is 4. The third kappa shape index (κ3) is 3.23. The first-order valence-corrected chi connectivity index (χ1v) is 6.40. The van der Waals surface area contributed by atoms with Gasteiger partial charge in [-0.1, -0.05) is 0 Å². The fraction of sp³-hybridized carbons (Fsp3) is 0.600. The van der Waals surface area contributed by atoms with Gasteiger partial charge in [0, 0.05) is 5.25 Å². The van der Waals surface area contributed by atoms with E-state index in [0.717, 1.165) is 31.6 Å². The molecule has 1 aliphatic heterocycles. The Morgan fingerprint density at radius 2 is 2.00 bits per heavy atom. The lowest BCUT2D eigenvalue weighted by Crippen LogP contribution is -2.33. The van der Waals surface area contributed by atoms with E-state index >= 15 is 0 Å². The highest BCUT2D eigenvalue weighted by Crippen LogP contribution is 2.15. The molecule has 0 radical (unpaired) electrons. The summed E-state index contributed by atoms with van der Waals surface area (Å²) in [5.74, 6) is 0. The highest BCUT2D eigenvalue weighted by molar-refractivity contribution is 7.85. The normalized spacial score (nSPS) is 18.8. The van der Waals surface area contributed by atoms with Crippen LogP contribution in [0.1, 0.15) is 18.5 Å². The van der Waals surface area contributed by atoms with Crippen LogP contribution >= 0.6 is 12.4 Å². The molecule has 1 aromatic heterocycles. The van der Waals surface area contributed by atoms with E-state index in [1.165, 1.54) is 0 Å². The molecule has 4 nitrogen and oxygen atoms in total. The van der Waals surface area contributed by atoms with Gasteiger partial charge >= 0.3 is 0 Å². The van der Waals surface area contributed by atoms with Crippen LogP contribution in [0, 0.1) is 6.92 Å². The number of rotatable bonds is 2. The Labute approximate surface area is 104 Å². The monoisotopic (exact) mass is 261 g/mol. The lowest BCUT2D eigenvalue weighted by molar-refractivity contribution is 0.518. The second kappa shape index (κ2) is 6.27. The topological polar surface area (TPSA) is 54.9 Å². The van der Waals surface area contributed by atoms with Gasteiger partial charge in [0.05, 0.1) is 16.5 Å². The first-order valence-electron chi connectivity index (χ1n) is 5.19. The van der Waals surface area contributed by atoms with E-state index < -0.39 is 10.8 Å². The third-order valence-corrected chi connectivity index (χ3v) is 4.28. The van der Waals surface area contributed by atoms with Gasteiger partial charge in [-0.2, -0.15) is 5.10 Å². The molecule has 0 saturated carbocycles. The first-order chi connectivity index (χ1) is 7.27. The zero-order valence-corrected chi connectivity index (χ0v) is 10.8. The summed E-state index contributed by atoms with van der Waals surface area (Å²) >= 11 is 0. The minimum atomic E-state index is -0.992. The van der Waals surface area contributed by atoms with E-state index in [2.05, 4.69) is 15.5 Å². The van der Waals surface area contributed by atoms with E-state index in [9.17, 15) is 4.21 Å². The molecule has 2 heterocycles. The van der Waals surface area contributed by atoms with Crippen LogP contribution in [0.2, 0.25) is 0 Å². The SMILES string of the molecule is Cc1ccc(S(=O)C2CCNCC2)nn1.Cl. The lowest BCUT2D eigenvalue weighted by atomic mass is 10.2. The quantitative estimate of drug-likeness (QED) is 0.865. The maximum Gasteiger partial charge on any atom is 0.150 e. The van der Waals surface area contributed by atoms with Crippen molar-refractivity contribution in [1.82, 2.24) is 15.5 Å². The van der Waals surface area contributed by atoms with Crippen LogP contribution in [0.15, 0.2) is 17.2 Å². The summed E-state index contributed by atoms with van der Waals surface area (Å²) in [5.41, 5.74) is 0.862. The van der Waals surface area contributed by atoms with Crippen LogP contribution in [-0.4, -0.2) is 32.7 Å². The number of aryl methyl sites for hydroxylation is 1. The van der Waals surface area contributed by atoms with Crippen LogP contribution < -0.4 is 5.32 Å². The van der Waals surface area contributed by atoms with Gasteiger partial charge in [-0.3, -0.25) is 4.21 Å². The van der Waals surface area contributed by atoms with Crippen molar-refractivity contribution in [3.05, 3.63) is 17.8 Å². The molecule has 1 aliphatic rings. The van der Waals surface area contributed by atoms with E-state index in [1.54, 1.807) is 0 Å². The Balaban J connectivity index is 0.00000128. The molecule has 0 aromatic carbocycles. The van der Waals surface area contributed by atoms with Crippen molar-refractivity contribution in [2.45, 2.75) is 30.0 Å². The Morgan fingerprint density at radius 3 is 2.56 bits per heavy atom. The number of aromatic nitrogens is 2. The number of nitrogens with zero attached hydrogens (tertiary/aromatic N) is 2. The van der Waals surface area contributed by atoms with Gasteiger partial charge in [-0.05, 0) is 45.0 Å². The Hall–Kier alpha value is -0.520. The molecule has 1 N–H and O–H groups in total. The van der Waals surface area contributed by atoms with E-state index in [-0.39, 0.29) is 17.7 Å². The molecule has 1 saturated heterocycles. The smallest absolute Gasteiger partial charge is 0.150 e. The molecule has 0 bridgehead atoms. The molecule has 16 heavy (non-hydrogen) atoms. The largest absolute Gasteiger partial charge is 0.317 e. The minimum Gasteiger partial charge on any atom is -0.317 e. The van der Waals surface area contributed by atoms with Gasteiger partial charge in [0.15, 0.2) is 0 Å². The molecule has 1 atom stereocenters. The van der Waals surface area contributed by atoms with Gasteiger partial charge < -0.3 is 5.32 Å². The zero-order chi connectivity index (χ0) is 10.7. The second-order valence-electron chi connectivity index (χ2n) is 3.76. The van der Waals surface area contributed by atoms with E-state index in [0.29, 0.717) is 5.03 Å². The number of halogens is 1. The standard InChI is InChI=1S/C10H15N3OS.ClH/c1-8-2-3-10(13-12-8)15(14)9-4-6-11-7-5-9;/h2-3,9,11H,4-7H2,1H3;1H. The Morgan fingerprint density at radius 1 is 1.31 bits per heavy atom. The summed E-state index contributed by atoms with van der Waals surface area (Å²) in [6.07, 6.45) is 1.92. The predicted molar refractivity (Wildman–Crippen MR) is 66.3 cm³/mol. The van der Waals surface area contributed by atoms with Crippen LogP contribution in [0.5, 0.6) is 0 Å². The van der Waals surface area contributed by atoms with Crippen LogP contribution in [0.25, 0.3) is 0 Å². The number of piperidine rings is 1. The van der Waals surface area contributed by atoms with Crippen molar-refractivity contribution in [1.29, 1.82) is 0 Å². The molecule has 0 amide bonds. The number of nitrogens with one attached hydrogen (secondary N) is 1. The molecule has 1 aromatic rings. The van der Waals surface area contributed by atoms with Crippen molar-refractivity contribution < 1.29 is 4.21 Å². The fourth-order valence-electron chi connectivity index (χ4n) is 1.67. The van der Waals surface area contributed by atoms with E-state index in [4.69, 9.17) is 0 Å². The van der Waals surface area contributed by atoms with Crippen molar-refractivity contribution in [2.75, 3.05) is 13.1 Å². The predicted octanol–water partition coefficient (Wildman–Crippen LogP) is 1.07. The summed E-state index contributed by atoms with van der Waals surface area (Å²) in [6.45, 7) is 3.79.